The predicted molar refractivity (Wildman–Crippen MR) is 170 cm³/mol. The molecule has 0 saturated carbocycles. The minimum Gasteiger partial charge on any atom is -0.496 e. The molecule has 0 N–H and O–H groups in total. The van der Waals surface area contributed by atoms with E-state index in [1.165, 1.54) is 16.4 Å². The molecule has 1 aliphatic rings. The molecule has 0 aliphatic carbocycles. The second kappa shape index (κ2) is 12.1. The molecule has 0 radical (unpaired) electrons. The number of hydrogen-bond donors (Lipinski definition) is 0. The number of methoxy groups -OCH3 is 2. The Labute approximate surface area is 243 Å². The Balaban J connectivity index is 1.70. The molecular weight excluding hydrogens is 523 g/mol. The Kier molecular flexibility index (Phi) is 7.98. The van der Waals surface area contributed by atoms with Gasteiger partial charge in [0.1, 0.15) is 17.3 Å². The van der Waals surface area contributed by atoms with Crippen molar-refractivity contribution in [1.82, 2.24) is 0 Å². The van der Waals surface area contributed by atoms with Gasteiger partial charge in [-0.25, -0.2) is 0 Å². The van der Waals surface area contributed by atoms with Crippen molar-refractivity contribution in [2.24, 2.45) is 0 Å². The van der Waals surface area contributed by atoms with E-state index in [9.17, 15) is 4.79 Å². The van der Waals surface area contributed by atoms with E-state index in [2.05, 4.69) is 91.0 Å². The van der Waals surface area contributed by atoms with E-state index in [4.69, 9.17) is 9.47 Å². The van der Waals surface area contributed by atoms with Crippen molar-refractivity contribution in [1.29, 1.82) is 0 Å². The van der Waals surface area contributed by atoms with E-state index in [0.29, 0.717) is 18.6 Å². The number of carbonyl (C=O) groups is 1. The maximum absolute atomic E-state index is 13.5. The minimum atomic E-state index is -0.928. The second-order valence-corrected chi connectivity index (χ2v) is 12.8. The fraction of sp³-hybridized carbons (Fsp3) is 0.162. The summed E-state index contributed by atoms with van der Waals surface area (Å²) in [6.45, 7) is 0. The smallest absolute Gasteiger partial charge is 0.134 e. The number of Topliss-reactive ketones (excluding diaryl/α,β-unsaturated/α-hetero) is 1. The second-order valence-electron chi connectivity index (χ2n) is 10.3. The lowest BCUT2D eigenvalue weighted by molar-refractivity contribution is -0.119. The van der Waals surface area contributed by atoms with E-state index in [1.807, 2.05) is 36.4 Å². The molecule has 0 spiro atoms. The fourth-order valence-electron chi connectivity index (χ4n) is 6.14. The Bertz CT molecular complexity index is 1530. The van der Waals surface area contributed by atoms with Gasteiger partial charge < -0.3 is 9.47 Å². The first-order valence-corrected chi connectivity index (χ1v) is 15.5. The molecule has 41 heavy (non-hydrogen) atoms. The monoisotopic (exact) mass is 556 g/mol. The first kappa shape index (κ1) is 27.0. The van der Waals surface area contributed by atoms with Gasteiger partial charge in [-0.1, -0.05) is 123 Å². The average molecular weight is 557 g/mol. The van der Waals surface area contributed by atoms with Crippen LogP contribution in [0.2, 0.25) is 0 Å². The number of benzene rings is 5. The minimum absolute atomic E-state index is 0.0713. The van der Waals surface area contributed by atoms with Crippen LogP contribution >= 0.6 is 7.92 Å². The summed E-state index contributed by atoms with van der Waals surface area (Å²) in [5.74, 6) is 1.99. The number of rotatable bonds is 7. The van der Waals surface area contributed by atoms with Gasteiger partial charge in [0.25, 0.3) is 0 Å². The Morgan fingerprint density at radius 3 is 1.34 bits per heavy atom. The van der Waals surface area contributed by atoms with Gasteiger partial charge in [-0.05, 0) is 39.7 Å². The van der Waals surface area contributed by atoms with Crippen LogP contribution in [0, 0.1) is 0 Å². The highest BCUT2D eigenvalue weighted by atomic mass is 31.1. The first-order valence-electron chi connectivity index (χ1n) is 14.0. The van der Waals surface area contributed by atoms with Crippen LogP contribution in [0.25, 0.3) is 22.3 Å². The zero-order chi connectivity index (χ0) is 28.2. The van der Waals surface area contributed by atoms with Crippen LogP contribution in [0.3, 0.4) is 0 Å². The summed E-state index contributed by atoms with van der Waals surface area (Å²) in [5, 5.41) is 1.28. The lowest BCUT2D eigenvalue weighted by Crippen LogP contribution is -2.26. The number of para-hydroxylation sites is 2. The van der Waals surface area contributed by atoms with Crippen molar-refractivity contribution in [3.63, 3.8) is 0 Å². The van der Waals surface area contributed by atoms with Crippen molar-refractivity contribution >= 4 is 19.0 Å². The van der Waals surface area contributed by atoms with Gasteiger partial charge in [-0.2, -0.15) is 0 Å². The number of ketones is 1. The van der Waals surface area contributed by atoms with Gasteiger partial charge in [0.15, 0.2) is 0 Å². The van der Waals surface area contributed by atoms with Crippen LogP contribution in [0.15, 0.2) is 127 Å². The molecule has 2 atom stereocenters. The molecule has 0 aromatic heterocycles. The molecule has 1 saturated heterocycles. The Morgan fingerprint density at radius 1 is 0.512 bits per heavy atom. The number of ether oxygens (including phenoxy) is 2. The molecule has 3 nitrogen and oxygen atoms in total. The number of carbonyl (C=O) groups excluding carboxylic acids is 1. The third-order valence-electron chi connectivity index (χ3n) is 7.97. The van der Waals surface area contributed by atoms with Crippen molar-refractivity contribution in [2.45, 2.75) is 24.2 Å². The van der Waals surface area contributed by atoms with Crippen LogP contribution in [-0.4, -0.2) is 20.0 Å². The lowest BCUT2D eigenvalue weighted by atomic mass is 9.97. The maximum atomic E-state index is 13.5. The molecule has 0 bridgehead atoms. The summed E-state index contributed by atoms with van der Waals surface area (Å²) in [6.07, 6.45) is 1.06. The summed E-state index contributed by atoms with van der Waals surface area (Å²) in [4.78, 5) is 13.5. The average Bonchev–Trinajstić information content (AvgIpc) is 3.05. The summed E-state index contributed by atoms with van der Waals surface area (Å²) >= 11 is 0. The summed E-state index contributed by atoms with van der Waals surface area (Å²) in [5.41, 5.74) is 6.98. The van der Waals surface area contributed by atoms with Crippen LogP contribution in [0.1, 0.15) is 35.3 Å². The Hall–Kier alpha value is -4.20. The quantitative estimate of drug-likeness (QED) is 0.188. The maximum Gasteiger partial charge on any atom is 0.134 e. The van der Waals surface area contributed by atoms with Crippen LogP contribution in [-0.2, 0) is 4.79 Å². The zero-order valence-electron chi connectivity index (χ0n) is 23.4. The summed E-state index contributed by atoms with van der Waals surface area (Å²) < 4.78 is 11.8. The summed E-state index contributed by atoms with van der Waals surface area (Å²) in [7, 11) is 2.53. The van der Waals surface area contributed by atoms with Crippen molar-refractivity contribution < 1.29 is 14.3 Å². The first-order chi connectivity index (χ1) is 20.2. The SMILES string of the molecule is COc1ccccc1-c1cccc(-c2ccccc2OC)c1P1C(c2ccccc2)CC(=O)CC1c1ccccc1. The van der Waals surface area contributed by atoms with Gasteiger partial charge >= 0.3 is 0 Å². The van der Waals surface area contributed by atoms with E-state index in [1.54, 1.807) is 14.2 Å². The standard InChI is InChI=1S/C37H33O3P/c1-39-33-22-11-9-18-29(33)31-20-13-21-32(30-19-10-12-23-34(30)40-2)37(31)41-35(26-14-5-3-6-15-26)24-28(38)25-36(41)27-16-7-4-8-17-27/h3-23,35-36H,24-25H2,1-2H3. The fourth-order valence-corrected chi connectivity index (χ4v) is 9.93. The normalized spacial score (nSPS) is 18.6. The molecule has 2 unspecified atom stereocenters. The van der Waals surface area contributed by atoms with Crippen LogP contribution in [0.4, 0.5) is 0 Å². The molecule has 4 heteroatoms. The lowest BCUT2D eigenvalue weighted by Gasteiger charge is -2.41. The molecule has 1 fully saturated rings. The zero-order valence-corrected chi connectivity index (χ0v) is 24.3. The van der Waals surface area contributed by atoms with Crippen molar-refractivity contribution in [2.75, 3.05) is 14.2 Å². The highest BCUT2D eigenvalue weighted by molar-refractivity contribution is 7.67. The highest BCUT2D eigenvalue weighted by Crippen LogP contribution is 2.68. The largest absolute Gasteiger partial charge is 0.496 e. The summed E-state index contributed by atoms with van der Waals surface area (Å²) in [6, 6.07) is 44.3. The van der Waals surface area contributed by atoms with E-state index >= 15 is 0 Å². The molecule has 5 aromatic carbocycles. The van der Waals surface area contributed by atoms with Gasteiger partial charge in [0.05, 0.1) is 14.2 Å². The van der Waals surface area contributed by atoms with Crippen LogP contribution < -0.4 is 14.8 Å². The van der Waals surface area contributed by atoms with Gasteiger partial charge in [0.2, 0.25) is 0 Å². The molecular formula is C37H33O3P. The third-order valence-corrected chi connectivity index (χ3v) is 11.3. The predicted octanol–water partition coefficient (Wildman–Crippen LogP) is 8.99. The Morgan fingerprint density at radius 2 is 0.902 bits per heavy atom. The van der Waals surface area contributed by atoms with Gasteiger partial charge in [0, 0.05) is 35.3 Å². The van der Waals surface area contributed by atoms with Gasteiger partial charge in [-0.3, -0.25) is 4.79 Å². The molecule has 1 heterocycles. The van der Waals surface area contributed by atoms with E-state index < -0.39 is 7.92 Å². The molecule has 6 rings (SSSR count). The third kappa shape index (κ3) is 5.31. The van der Waals surface area contributed by atoms with E-state index in [0.717, 1.165) is 33.8 Å². The van der Waals surface area contributed by atoms with Crippen molar-refractivity contribution in [3.05, 3.63) is 139 Å². The van der Waals surface area contributed by atoms with E-state index in [-0.39, 0.29) is 11.3 Å². The van der Waals surface area contributed by atoms with Crippen molar-refractivity contribution in [3.8, 4) is 33.8 Å². The molecule has 204 valence electrons. The molecule has 5 aromatic rings. The topological polar surface area (TPSA) is 35.5 Å². The van der Waals surface area contributed by atoms with Crippen LogP contribution in [0.5, 0.6) is 11.5 Å². The number of hydrogen-bond acceptors (Lipinski definition) is 3. The molecule has 1 aliphatic heterocycles. The van der Waals surface area contributed by atoms with Gasteiger partial charge in [-0.15, -0.1) is 0 Å². The highest BCUT2D eigenvalue weighted by Gasteiger charge is 2.41. The molecule has 0 amide bonds.